The number of nitrogens with zero attached hydrogens (tertiary/aromatic N) is 4. The van der Waals surface area contributed by atoms with Crippen LogP contribution in [0.25, 0.3) is 33.5 Å². The predicted molar refractivity (Wildman–Crippen MR) is 111 cm³/mol. The number of nitrogen functional groups attached to an aromatic ring is 1. The molecule has 156 valence electrons. The predicted octanol–water partition coefficient (Wildman–Crippen LogP) is 3.55. The summed E-state index contributed by atoms with van der Waals surface area (Å²) < 4.78 is 56.5. The Kier molecular flexibility index (Phi) is 4.61. The maximum Gasteiger partial charge on any atom is 0.244 e. The lowest BCUT2D eigenvalue weighted by Crippen LogP contribution is -2.23. The molecule has 10 heteroatoms. The van der Waals surface area contributed by atoms with Crippen LogP contribution >= 0.6 is 0 Å². The fourth-order valence-electron chi connectivity index (χ4n) is 3.35. The van der Waals surface area contributed by atoms with Crippen LogP contribution in [0.3, 0.4) is 0 Å². The standard InChI is InChI=1S/C20H19F2N5O2S/c1-11(2)30(28,29)27-16-9-12(7-8-15(16)25-20(27)23)19-18(24-10-26(19)3)13-5-4-6-14(21)17(13)22/h4-11H,1-3H3,(H2,23,25). The molecule has 2 aromatic heterocycles. The third-order valence-electron chi connectivity index (χ3n) is 4.90. The molecule has 2 aromatic carbocycles. The number of aromatic nitrogens is 4. The molecule has 0 saturated heterocycles. The van der Waals surface area contributed by atoms with E-state index < -0.39 is 26.9 Å². The molecule has 0 atom stereocenters. The van der Waals surface area contributed by atoms with Gasteiger partial charge in [0.05, 0.1) is 34.0 Å². The van der Waals surface area contributed by atoms with E-state index in [0.717, 1.165) is 10.0 Å². The number of aryl methyl sites for hydroxylation is 1. The van der Waals surface area contributed by atoms with Crippen molar-refractivity contribution < 1.29 is 17.2 Å². The van der Waals surface area contributed by atoms with E-state index in [9.17, 15) is 17.2 Å². The summed E-state index contributed by atoms with van der Waals surface area (Å²) in [5, 5.41) is -0.713. The Morgan fingerprint density at radius 3 is 2.57 bits per heavy atom. The quantitative estimate of drug-likeness (QED) is 0.533. The minimum Gasteiger partial charge on any atom is -0.368 e. The second-order valence-electron chi connectivity index (χ2n) is 7.19. The normalized spacial score (nSPS) is 12.2. The van der Waals surface area contributed by atoms with E-state index in [-0.39, 0.29) is 17.2 Å². The zero-order valence-electron chi connectivity index (χ0n) is 16.5. The van der Waals surface area contributed by atoms with Crippen LogP contribution < -0.4 is 5.73 Å². The van der Waals surface area contributed by atoms with Gasteiger partial charge in [-0.2, -0.15) is 0 Å². The zero-order valence-corrected chi connectivity index (χ0v) is 17.3. The summed E-state index contributed by atoms with van der Waals surface area (Å²) in [6.45, 7) is 3.10. The largest absolute Gasteiger partial charge is 0.368 e. The average Bonchev–Trinajstić information content (AvgIpc) is 3.22. The van der Waals surface area contributed by atoms with E-state index in [4.69, 9.17) is 5.73 Å². The highest BCUT2D eigenvalue weighted by atomic mass is 32.2. The summed E-state index contributed by atoms with van der Waals surface area (Å²) in [6, 6.07) is 8.82. The van der Waals surface area contributed by atoms with E-state index >= 15 is 0 Å². The van der Waals surface area contributed by atoms with Crippen molar-refractivity contribution in [2.24, 2.45) is 7.05 Å². The summed E-state index contributed by atoms with van der Waals surface area (Å²) in [7, 11) is -2.05. The molecule has 0 bridgehead atoms. The summed E-state index contributed by atoms with van der Waals surface area (Å²) in [4.78, 5) is 8.38. The van der Waals surface area contributed by atoms with Crippen molar-refractivity contribution in [1.82, 2.24) is 18.5 Å². The molecule has 4 aromatic rings. The zero-order chi connectivity index (χ0) is 21.8. The summed E-state index contributed by atoms with van der Waals surface area (Å²) >= 11 is 0. The van der Waals surface area contributed by atoms with Crippen LogP contribution in [-0.4, -0.2) is 32.2 Å². The molecule has 7 nitrogen and oxygen atoms in total. The molecule has 0 fully saturated rings. The van der Waals surface area contributed by atoms with E-state index in [1.807, 2.05) is 0 Å². The van der Waals surface area contributed by atoms with Crippen LogP contribution in [0.15, 0.2) is 42.7 Å². The van der Waals surface area contributed by atoms with Crippen molar-refractivity contribution in [3.8, 4) is 22.5 Å². The minimum absolute atomic E-state index is 0.00789. The maximum atomic E-state index is 14.4. The van der Waals surface area contributed by atoms with E-state index in [0.29, 0.717) is 22.3 Å². The van der Waals surface area contributed by atoms with Crippen LogP contribution in [0.5, 0.6) is 0 Å². The highest BCUT2D eigenvalue weighted by Crippen LogP contribution is 2.35. The van der Waals surface area contributed by atoms with Crippen LogP contribution in [-0.2, 0) is 17.1 Å². The minimum atomic E-state index is -3.76. The Morgan fingerprint density at radius 2 is 1.87 bits per heavy atom. The van der Waals surface area contributed by atoms with Crippen molar-refractivity contribution in [3.63, 3.8) is 0 Å². The molecule has 0 aliphatic heterocycles. The maximum absolute atomic E-state index is 14.4. The molecule has 4 rings (SSSR count). The Hall–Kier alpha value is -3.27. The molecule has 0 aliphatic carbocycles. The number of halogens is 2. The SMILES string of the molecule is CC(C)S(=O)(=O)n1c(N)nc2ccc(-c3c(-c4cccc(F)c4F)ncn3C)cc21. The summed E-state index contributed by atoms with van der Waals surface area (Å²) in [5.41, 5.74) is 7.89. The summed E-state index contributed by atoms with van der Waals surface area (Å²) in [6.07, 6.45) is 1.48. The van der Waals surface area contributed by atoms with Gasteiger partial charge in [-0.3, -0.25) is 0 Å². The van der Waals surface area contributed by atoms with Crippen molar-refractivity contribution in [3.05, 3.63) is 54.4 Å². The molecular weight excluding hydrogens is 412 g/mol. The number of hydrogen-bond donors (Lipinski definition) is 1. The van der Waals surface area contributed by atoms with Crippen LogP contribution in [0.1, 0.15) is 13.8 Å². The number of imidazole rings is 2. The van der Waals surface area contributed by atoms with E-state index in [1.165, 1.54) is 18.5 Å². The van der Waals surface area contributed by atoms with Crippen molar-refractivity contribution >= 4 is 27.0 Å². The lowest BCUT2D eigenvalue weighted by Gasteiger charge is -2.12. The topological polar surface area (TPSA) is 95.8 Å². The molecule has 0 amide bonds. The van der Waals surface area contributed by atoms with Gasteiger partial charge in [0.2, 0.25) is 16.0 Å². The second kappa shape index (κ2) is 6.91. The first-order valence-corrected chi connectivity index (χ1v) is 10.6. The first-order chi connectivity index (χ1) is 14.1. The van der Waals surface area contributed by atoms with Gasteiger partial charge in [-0.15, -0.1) is 0 Å². The summed E-state index contributed by atoms with van der Waals surface area (Å²) in [5.74, 6) is -2.12. The average molecular weight is 431 g/mol. The van der Waals surface area contributed by atoms with E-state index in [1.54, 1.807) is 43.7 Å². The van der Waals surface area contributed by atoms with E-state index in [2.05, 4.69) is 9.97 Å². The first-order valence-electron chi connectivity index (χ1n) is 9.11. The van der Waals surface area contributed by atoms with Gasteiger partial charge in [-0.1, -0.05) is 12.1 Å². The monoisotopic (exact) mass is 431 g/mol. The molecule has 0 saturated carbocycles. The van der Waals surface area contributed by atoms with Gasteiger partial charge in [0, 0.05) is 18.2 Å². The Balaban J connectivity index is 1.99. The number of rotatable bonds is 4. The number of hydrogen-bond acceptors (Lipinski definition) is 5. The Morgan fingerprint density at radius 1 is 1.13 bits per heavy atom. The smallest absolute Gasteiger partial charge is 0.244 e. The number of benzene rings is 2. The molecule has 2 heterocycles. The van der Waals surface area contributed by atoms with Gasteiger partial charge in [-0.05, 0) is 38.1 Å². The number of fused-ring (bicyclic) bond motifs is 1. The molecule has 2 N–H and O–H groups in total. The van der Waals surface area contributed by atoms with Gasteiger partial charge in [0.15, 0.2) is 11.6 Å². The van der Waals surface area contributed by atoms with Crippen molar-refractivity contribution in [2.45, 2.75) is 19.1 Å². The molecule has 0 radical (unpaired) electrons. The second-order valence-corrected chi connectivity index (χ2v) is 9.52. The third kappa shape index (κ3) is 2.95. The van der Waals surface area contributed by atoms with Gasteiger partial charge in [-0.25, -0.2) is 31.1 Å². The van der Waals surface area contributed by atoms with Crippen molar-refractivity contribution in [1.29, 1.82) is 0 Å². The van der Waals surface area contributed by atoms with Gasteiger partial charge in [0.25, 0.3) is 0 Å². The van der Waals surface area contributed by atoms with Crippen molar-refractivity contribution in [2.75, 3.05) is 5.73 Å². The Bertz CT molecular complexity index is 1390. The van der Waals surface area contributed by atoms with Crippen LogP contribution in [0.4, 0.5) is 14.7 Å². The molecule has 0 aliphatic rings. The molecule has 30 heavy (non-hydrogen) atoms. The van der Waals surface area contributed by atoms with Crippen LogP contribution in [0.2, 0.25) is 0 Å². The molecule has 0 spiro atoms. The first kappa shape index (κ1) is 20.0. The van der Waals surface area contributed by atoms with Gasteiger partial charge < -0.3 is 10.3 Å². The Labute approximate surface area is 171 Å². The third-order valence-corrected chi connectivity index (χ3v) is 6.99. The lowest BCUT2D eigenvalue weighted by atomic mass is 10.0. The molecule has 0 unspecified atom stereocenters. The fraction of sp³-hybridized carbons (Fsp3) is 0.200. The van der Waals surface area contributed by atoms with Gasteiger partial charge >= 0.3 is 0 Å². The molecular formula is C20H19F2N5O2S. The fourth-order valence-corrected chi connectivity index (χ4v) is 4.50. The number of anilines is 1. The van der Waals surface area contributed by atoms with Crippen LogP contribution in [0, 0.1) is 11.6 Å². The highest BCUT2D eigenvalue weighted by molar-refractivity contribution is 7.90. The van der Waals surface area contributed by atoms with Gasteiger partial charge in [0.1, 0.15) is 0 Å². The highest BCUT2D eigenvalue weighted by Gasteiger charge is 2.25. The lowest BCUT2D eigenvalue weighted by molar-refractivity contribution is 0.511. The number of nitrogens with two attached hydrogens (primary N) is 1.